The molecule has 0 spiro atoms. The van der Waals surface area contributed by atoms with Crippen LogP contribution in [0.1, 0.15) is 37.6 Å². The number of amides is 3. The number of nitrogens with one attached hydrogen (secondary N) is 5. The smallest absolute Gasteiger partial charge is 0.320 e. The van der Waals surface area contributed by atoms with Gasteiger partial charge in [0.25, 0.3) is 5.91 Å². The minimum atomic E-state index is -0.415. The van der Waals surface area contributed by atoms with Gasteiger partial charge in [-0.3, -0.25) is 20.4 Å². The largest absolute Gasteiger partial charge is 0.493 e. The lowest BCUT2D eigenvalue weighted by Crippen LogP contribution is -2.51. The molecule has 0 radical (unpaired) electrons. The maximum atomic E-state index is 12.9. The highest BCUT2D eigenvalue weighted by atomic mass is 35.5. The molecular formula is C39H45ClN8O5S2. The van der Waals surface area contributed by atoms with Crippen molar-refractivity contribution >= 4 is 75.0 Å². The molecule has 5 N–H and O–H groups in total. The Labute approximate surface area is 335 Å². The van der Waals surface area contributed by atoms with Crippen LogP contribution in [0.5, 0.6) is 23.0 Å². The predicted octanol–water partition coefficient (Wildman–Crippen LogP) is 7.27. The SMILES string of the molecule is CCNC(=O)Nc1cc(Oc2ccc(NC(=S)NN3C(=O)C=CSC3c3ccccc3Cl)cc2)c2cc(OC)c(OCCCC3CNCCN3CC)cc2n1. The van der Waals surface area contributed by atoms with E-state index in [1.165, 1.54) is 22.8 Å². The topological polar surface area (TPSA) is 141 Å². The molecule has 290 valence electrons. The first-order chi connectivity index (χ1) is 26.8. The summed E-state index contributed by atoms with van der Waals surface area (Å²) in [4.78, 5) is 32.6. The Bertz CT molecular complexity index is 2020. The average molecular weight is 805 g/mol. The second-order valence-corrected chi connectivity index (χ2v) is 14.5. The summed E-state index contributed by atoms with van der Waals surface area (Å²) in [5.74, 6) is 2.11. The number of carbonyl (C=O) groups excluding carboxylic acids is 2. The van der Waals surface area contributed by atoms with Gasteiger partial charge in [0, 0.05) is 72.1 Å². The molecule has 2 aliphatic heterocycles. The summed E-state index contributed by atoms with van der Waals surface area (Å²) < 4.78 is 18.4. The van der Waals surface area contributed by atoms with Gasteiger partial charge in [0.15, 0.2) is 16.6 Å². The highest BCUT2D eigenvalue weighted by Crippen LogP contribution is 2.40. The van der Waals surface area contributed by atoms with Gasteiger partial charge in [-0.15, -0.1) is 11.8 Å². The molecule has 0 bridgehead atoms. The van der Waals surface area contributed by atoms with Crippen LogP contribution in [0, 0.1) is 0 Å². The summed E-state index contributed by atoms with van der Waals surface area (Å²) in [6.45, 7) is 9.10. The molecule has 13 nitrogen and oxygen atoms in total. The van der Waals surface area contributed by atoms with Gasteiger partial charge in [-0.1, -0.05) is 36.7 Å². The number of rotatable bonds is 14. The van der Waals surface area contributed by atoms with Crippen molar-refractivity contribution in [2.24, 2.45) is 0 Å². The van der Waals surface area contributed by atoms with Crippen molar-refractivity contribution in [2.75, 3.05) is 57.1 Å². The number of thiocarbonyl (C=S) groups is 1. The number of halogens is 1. The second-order valence-electron chi connectivity index (χ2n) is 12.7. The van der Waals surface area contributed by atoms with Gasteiger partial charge < -0.3 is 30.2 Å². The third kappa shape index (κ3) is 10.3. The van der Waals surface area contributed by atoms with E-state index in [0.29, 0.717) is 69.6 Å². The van der Waals surface area contributed by atoms with Gasteiger partial charge in [0.1, 0.15) is 22.7 Å². The first-order valence-electron chi connectivity index (χ1n) is 18.2. The molecular weight excluding hydrogens is 760 g/mol. The van der Waals surface area contributed by atoms with Crippen LogP contribution >= 0.6 is 35.6 Å². The van der Waals surface area contributed by atoms with Crippen LogP contribution in [0.3, 0.4) is 0 Å². The summed E-state index contributed by atoms with van der Waals surface area (Å²) in [5.41, 5.74) is 5.02. The second kappa shape index (κ2) is 19.2. The van der Waals surface area contributed by atoms with E-state index in [1.807, 2.05) is 37.3 Å². The number of piperazine rings is 1. The maximum Gasteiger partial charge on any atom is 0.320 e. The van der Waals surface area contributed by atoms with Gasteiger partial charge in [0.05, 0.1) is 19.2 Å². The molecule has 1 fully saturated rings. The number of hydrogen-bond acceptors (Lipinski definition) is 10. The summed E-state index contributed by atoms with van der Waals surface area (Å²) >= 11 is 13.5. The van der Waals surface area contributed by atoms with Crippen molar-refractivity contribution in [1.82, 2.24) is 31.0 Å². The van der Waals surface area contributed by atoms with Gasteiger partial charge in [-0.2, -0.15) is 0 Å². The van der Waals surface area contributed by atoms with Gasteiger partial charge >= 0.3 is 6.03 Å². The first-order valence-corrected chi connectivity index (χ1v) is 19.9. The molecule has 55 heavy (non-hydrogen) atoms. The Morgan fingerprint density at radius 2 is 1.89 bits per heavy atom. The number of ether oxygens (including phenoxy) is 3. The molecule has 6 rings (SSSR count). The van der Waals surface area contributed by atoms with Crippen LogP contribution in [0.2, 0.25) is 5.02 Å². The van der Waals surface area contributed by atoms with Crippen LogP contribution in [-0.4, -0.2) is 84.4 Å². The fraction of sp³-hybridized carbons (Fsp3) is 0.333. The number of hydrazine groups is 1. The van der Waals surface area contributed by atoms with Crippen LogP contribution in [0.4, 0.5) is 16.3 Å². The molecule has 0 aliphatic carbocycles. The van der Waals surface area contributed by atoms with Crippen molar-refractivity contribution in [3.8, 4) is 23.0 Å². The maximum absolute atomic E-state index is 12.9. The zero-order valence-electron chi connectivity index (χ0n) is 30.9. The highest BCUT2D eigenvalue weighted by Gasteiger charge is 2.29. The standard InChI is InChI=1S/C39H45ClN8O5S2/c1-4-42-38(50)45-35-23-32(29-21-33(51-3)34(22-31(29)44-35)52-19-8-9-26-24-41-17-18-47(26)5-2)53-27-14-12-25(13-15-27)43-39(54)46-48-36(49)16-20-55-37(48)28-10-6-7-11-30(28)40/h6-7,10-16,20-23,26,37,41H,4-5,8-9,17-19,24H2,1-3H3,(H2,43,46,54)(H2,42,44,45,50). The number of hydrogen-bond donors (Lipinski definition) is 5. The van der Waals surface area contributed by atoms with E-state index in [0.717, 1.165) is 44.6 Å². The number of benzene rings is 3. The summed E-state index contributed by atoms with van der Waals surface area (Å²) in [7, 11) is 1.60. The number of methoxy groups -OCH3 is 1. The monoisotopic (exact) mass is 804 g/mol. The molecule has 1 aromatic heterocycles. The van der Waals surface area contributed by atoms with E-state index in [1.54, 1.807) is 48.9 Å². The third-order valence-corrected chi connectivity index (χ3v) is 10.6. The number of nitrogens with zero attached hydrogens (tertiary/aromatic N) is 3. The van der Waals surface area contributed by atoms with Crippen molar-refractivity contribution < 1.29 is 23.8 Å². The number of likely N-dealkylation sites (N-methyl/N-ethyl adjacent to an activating group) is 1. The third-order valence-electron chi connectivity index (χ3n) is 9.08. The zero-order valence-corrected chi connectivity index (χ0v) is 33.3. The Hall–Kier alpha value is -4.80. The van der Waals surface area contributed by atoms with E-state index in [4.69, 9.17) is 43.0 Å². The fourth-order valence-electron chi connectivity index (χ4n) is 6.38. The first kappa shape index (κ1) is 39.9. The predicted molar refractivity (Wildman–Crippen MR) is 223 cm³/mol. The van der Waals surface area contributed by atoms with E-state index in [9.17, 15) is 9.59 Å². The van der Waals surface area contributed by atoms with E-state index < -0.39 is 5.37 Å². The summed E-state index contributed by atoms with van der Waals surface area (Å²) in [6, 6.07) is 19.9. The lowest BCUT2D eigenvalue weighted by Gasteiger charge is -2.35. The fourth-order valence-corrected chi connectivity index (χ4v) is 7.88. The van der Waals surface area contributed by atoms with Crippen molar-refractivity contribution in [3.05, 3.63) is 88.8 Å². The molecule has 4 aromatic rings. The van der Waals surface area contributed by atoms with E-state index in [2.05, 4.69) is 38.5 Å². The summed E-state index contributed by atoms with van der Waals surface area (Å²) in [6.07, 6.45) is 3.37. The molecule has 3 amide bonds. The number of urea groups is 1. The highest BCUT2D eigenvalue weighted by molar-refractivity contribution is 8.02. The molecule has 16 heteroatoms. The van der Waals surface area contributed by atoms with Gasteiger partial charge in [-0.25, -0.2) is 14.8 Å². The van der Waals surface area contributed by atoms with Crippen LogP contribution in [-0.2, 0) is 4.79 Å². The molecule has 3 aromatic carbocycles. The van der Waals surface area contributed by atoms with Crippen molar-refractivity contribution in [1.29, 1.82) is 0 Å². The Kier molecular flexibility index (Phi) is 13.9. The molecule has 2 atom stereocenters. The van der Waals surface area contributed by atoms with E-state index in [-0.39, 0.29) is 17.1 Å². The number of pyridine rings is 1. The van der Waals surface area contributed by atoms with Gasteiger partial charge in [0.2, 0.25) is 0 Å². The number of carbonyl (C=O) groups is 2. The van der Waals surface area contributed by atoms with Crippen molar-refractivity contribution in [3.63, 3.8) is 0 Å². The number of thioether (sulfide) groups is 1. The van der Waals surface area contributed by atoms with Crippen LogP contribution in [0.15, 0.2) is 78.2 Å². The number of aromatic nitrogens is 1. The minimum Gasteiger partial charge on any atom is -0.493 e. The molecule has 3 heterocycles. The average Bonchev–Trinajstić information content (AvgIpc) is 3.18. The Morgan fingerprint density at radius 3 is 2.65 bits per heavy atom. The Balaban J connectivity index is 1.16. The number of fused-ring (bicyclic) bond motifs is 1. The Morgan fingerprint density at radius 1 is 1.07 bits per heavy atom. The molecule has 2 aliphatic rings. The molecule has 0 saturated carbocycles. The van der Waals surface area contributed by atoms with Gasteiger partial charge in [-0.05, 0) is 80.3 Å². The lowest BCUT2D eigenvalue weighted by atomic mass is 10.1. The quantitative estimate of drug-likeness (QED) is 0.0647. The lowest BCUT2D eigenvalue weighted by molar-refractivity contribution is -0.128. The zero-order chi connectivity index (χ0) is 38.7. The van der Waals surface area contributed by atoms with Crippen molar-refractivity contribution in [2.45, 2.75) is 38.1 Å². The molecule has 2 unspecified atom stereocenters. The number of anilines is 2. The summed E-state index contributed by atoms with van der Waals surface area (Å²) in [5, 5.41) is 16.4. The van der Waals surface area contributed by atoms with Crippen LogP contribution in [0.25, 0.3) is 10.9 Å². The normalized spacial score (nSPS) is 17.1. The minimum absolute atomic E-state index is 0.218. The van der Waals surface area contributed by atoms with E-state index >= 15 is 0 Å². The van der Waals surface area contributed by atoms with Crippen LogP contribution < -0.4 is 40.9 Å². The molecule has 1 saturated heterocycles.